The molecule has 2 N–H and O–H groups in total. The van der Waals surface area contributed by atoms with Crippen LogP contribution in [0.4, 0.5) is 0 Å². The van der Waals surface area contributed by atoms with Crippen LogP contribution in [0.2, 0.25) is 0 Å². The molecule has 1 aromatic heterocycles. The topological polar surface area (TPSA) is 87.3 Å². The number of nitrogens with zero attached hydrogens (tertiary/aromatic N) is 2. The molecule has 2 heterocycles. The molecule has 3 atom stereocenters. The number of amides is 2. The summed E-state index contributed by atoms with van der Waals surface area (Å²) in [5.74, 6) is 0.954. The third-order valence-corrected chi connectivity index (χ3v) is 7.08. The summed E-state index contributed by atoms with van der Waals surface area (Å²) < 4.78 is 5.33. The summed E-state index contributed by atoms with van der Waals surface area (Å²) in [4.78, 5) is 37.4. The van der Waals surface area contributed by atoms with E-state index >= 15 is 0 Å². The number of aromatic amines is 1. The minimum Gasteiger partial charge on any atom is -0.497 e. The van der Waals surface area contributed by atoms with Crippen molar-refractivity contribution in [1.29, 1.82) is 0 Å². The van der Waals surface area contributed by atoms with Gasteiger partial charge in [-0.2, -0.15) is 0 Å². The highest BCUT2D eigenvalue weighted by atomic mass is 16.5. The van der Waals surface area contributed by atoms with Crippen LogP contribution in [0.1, 0.15) is 65.6 Å². The first-order valence-electron chi connectivity index (χ1n) is 12.6. The van der Waals surface area contributed by atoms with Gasteiger partial charge in [0.1, 0.15) is 11.6 Å². The Morgan fingerprint density at radius 1 is 1.05 bits per heavy atom. The minimum absolute atomic E-state index is 0.100. The number of aromatic nitrogens is 2. The first-order chi connectivity index (χ1) is 17.9. The second kappa shape index (κ2) is 10.1. The van der Waals surface area contributed by atoms with Crippen molar-refractivity contribution in [1.82, 2.24) is 20.2 Å². The maximum atomic E-state index is 14.2. The predicted octanol–water partition coefficient (Wildman–Crippen LogP) is 5.39. The lowest BCUT2D eigenvalue weighted by Crippen LogP contribution is -2.46. The van der Waals surface area contributed by atoms with E-state index in [1.165, 1.54) is 0 Å². The monoisotopic (exact) mass is 496 g/mol. The molecule has 190 valence electrons. The van der Waals surface area contributed by atoms with Crippen molar-refractivity contribution in [3.05, 3.63) is 95.3 Å². The largest absolute Gasteiger partial charge is 0.497 e. The highest BCUT2D eigenvalue weighted by molar-refractivity contribution is 6.01. The molecule has 1 aliphatic rings. The van der Waals surface area contributed by atoms with Crippen molar-refractivity contribution in [3.63, 3.8) is 0 Å². The zero-order valence-corrected chi connectivity index (χ0v) is 21.6. The summed E-state index contributed by atoms with van der Waals surface area (Å²) in [7, 11) is 3.38. The van der Waals surface area contributed by atoms with Crippen LogP contribution in [0.25, 0.3) is 11.0 Å². The highest BCUT2D eigenvalue weighted by Crippen LogP contribution is 2.42. The molecule has 0 saturated carbocycles. The van der Waals surface area contributed by atoms with Crippen molar-refractivity contribution in [2.24, 2.45) is 5.92 Å². The fourth-order valence-corrected chi connectivity index (χ4v) is 5.28. The standard InChI is InChI=1S/C30H32N4O3/c1-18(2)17-25(28-31-23-11-7-8-12-24(23)32-28)33-29(35)26-21-9-5-6-10-22(21)30(36)34(3)27(26)19-13-15-20(37-4)16-14-19/h5-16,18,25-27H,17H2,1-4H3,(H,31,32)(H,33,35)/t25-,26?,27?/m0/s1. The van der Waals surface area contributed by atoms with E-state index in [1.54, 1.807) is 25.1 Å². The Hall–Kier alpha value is -4.13. The molecule has 0 fully saturated rings. The minimum atomic E-state index is -0.591. The zero-order chi connectivity index (χ0) is 26.1. The van der Waals surface area contributed by atoms with E-state index in [0.717, 1.165) is 40.2 Å². The van der Waals surface area contributed by atoms with Crippen LogP contribution in [-0.4, -0.2) is 40.8 Å². The molecule has 0 radical (unpaired) electrons. The molecule has 0 bridgehead atoms. The van der Waals surface area contributed by atoms with Gasteiger partial charge in [-0.3, -0.25) is 9.59 Å². The third kappa shape index (κ3) is 4.69. The SMILES string of the molecule is COc1ccc(C2C(C(=O)N[C@@H](CC(C)C)c3nc4ccccc4[nH]3)c3ccccc3C(=O)N2C)cc1. The van der Waals surface area contributed by atoms with Gasteiger partial charge < -0.3 is 19.9 Å². The molecule has 0 saturated heterocycles. The van der Waals surface area contributed by atoms with Gasteiger partial charge in [-0.1, -0.05) is 56.3 Å². The van der Waals surface area contributed by atoms with Crippen LogP contribution in [-0.2, 0) is 4.79 Å². The Balaban J connectivity index is 1.55. The molecular formula is C30H32N4O3. The number of likely N-dealkylation sites (N-methyl/N-ethyl adjacent to an activating group) is 1. The van der Waals surface area contributed by atoms with E-state index < -0.39 is 12.0 Å². The van der Waals surface area contributed by atoms with Crippen LogP contribution in [0.5, 0.6) is 5.75 Å². The Morgan fingerprint density at radius 3 is 2.46 bits per heavy atom. The molecule has 37 heavy (non-hydrogen) atoms. The summed E-state index contributed by atoms with van der Waals surface area (Å²) in [6, 6.07) is 22.1. The van der Waals surface area contributed by atoms with E-state index in [-0.39, 0.29) is 17.9 Å². The Bertz CT molecular complexity index is 1390. The molecule has 7 heteroatoms. The van der Waals surface area contributed by atoms with Crippen molar-refractivity contribution in [3.8, 4) is 5.75 Å². The molecule has 2 amide bonds. The Kier molecular flexibility index (Phi) is 6.70. The maximum Gasteiger partial charge on any atom is 0.254 e. The lowest BCUT2D eigenvalue weighted by atomic mass is 9.79. The first kappa shape index (κ1) is 24.6. The molecule has 7 nitrogen and oxygen atoms in total. The second-order valence-electron chi connectivity index (χ2n) is 10.0. The average molecular weight is 497 g/mol. The van der Waals surface area contributed by atoms with E-state index in [0.29, 0.717) is 11.5 Å². The Labute approximate surface area is 216 Å². The van der Waals surface area contributed by atoms with Gasteiger partial charge in [0.05, 0.1) is 36.1 Å². The number of rotatable bonds is 7. The molecule has 2 unspecified atom stereocenters. The van der Waals surface area contributed by atoms with Gasteiger partial charge in [0, 0.05) is 12.6 Å². The highest BCUT2D eigenvalue weighted by Gasteiger charge is 2.43. The zero-order valence-electron chi connectivity index (χ0n) is 21.6. The van der Waals surface area contributed by atoms with Gasteiger partial charge in [0.2, 0.25) is 5.91 Å². The van der Waals surface area contributed by atoms with Crippen LogP contribution in [0, 0.1) is 5.92 Å². The van der Waals surface area contributed by atoms with Gasteiger partial charge in [-0.25, -0.2) is 4.98 Å². The number of carbonyl (C=O) groups is 2. The summed E-state index contributed by atoms with van der Waals surface area (Å²) in [5.41, 5.74) is 3.96. The van der Waals surface area contributed by atoms with Crippen LogP contribution < -0.4 is 10.1 Å². The lowest BCUT2D eigenvalue weighted by molar-refractivity contribution is -0.125. The van der Waals surface area contributed by atoms with Gasteiger partial charge >= 0.3 is 0 Å². The number of benzene rings is 3. The molecular weight excluding hydrogens is 464 g/mol. The van der Waals surface area contributed by atoms with E-state index in [4.69, 9.17) is 9.72 Å². The van der Waals surface area contributed by atoms with Crippen LogP contribution in [0.15, 0.2) is 72.8 Å². The van der Waals surface area contributed by atoms with E-state index in [1.807, 2.05) is 66.7 Å². The number of para-hydroxylation sites is 2. The van der Waals surface area contributed by atoms with E-state index in [9.17, 15) is 9.59 Å². The number of hydrogen-bond acceptors (Lipinski definition) is 4. The fraction of sp³-hybridized carbons (Fsp3) is 0.300. The van der Waals surface area contributed by atoms with Crippen molar-refractivity contribution >= 4 is 22.8 Å². The molecule has 0 spiro atoms. The number of nitrogens with one attached hydrogen (secondary N) is 2. The van der Waals surface area contributed by atoms with Gasteiger partial charge in [0.15, 0.2) is 0 Å². The lowest BCUT2D eigenvalue weighted by Gasteiger charge is -2.40. The number of fused-ring (bicyclic) bond motifs is 2. The smallest absolute Gasteiger partial charge is 0.254 e. The number of imidazole rings is 1. The molecule has 5 rings (SSSR count). The van der Waals surface area contributed by atoms with Gasteiger partial charge in [-0.05, 0) is 53.8 Å². The summed E-state index contributed by atoms with van der Waals surface area (Å²) >= 11 is 0. The normalized spacial score (nSPS) is 18.1. The summed E-state index contributed by atoms with van der Waals surface area (Å²) in [5, 5.41) is 3.30. The number of ether oxygens (including phenoxy) is 1. The maximum absolute atomic E-state index is 14.2. The van der Waals surface area contributed by atoms with E-state index in [2.05, 4.69) is 24.1 Å². The number of methoxy groups -OCH3 is 1. The van der Waals surface area contributed by atoms with Crippen LogP contribution in [0.3, 0.4) is 0 Å². The van der Waals surface area contributed by atoms with Crippen molar-refractivity contribution in [2.45, 2.75) is 38.3 Å². The number of carbonyl (C=O) groups excluding carboxylic acids is 2. The van der Waals surface area contributed by atoms with Gasteiger partial charge in [0.25, 0.3) is 5.91 Å². The van der Waals surface area contributed by atoms with Crippen LogP contribution >= 0.6 is 0 Å². The van der Waals surface area contributed by atoms with Crippen molar-refractivity contribution in [2.75, 3.05) is 14.2 Å². The molecule has 4 aromatic rings. The fourth-order valence-electron chi connectivity index (χ4n) is 5.28. The van der Waals surface area contributed by atoms with Gasteiger partial charge in [-0.15, -0.1) is 0 Å². The molecule has 1 aliphatic heterocycles. The summed E-state index contributed by atoms with van der Waals surface area (Å²) in [6.45, 7) is 4.26. The number of hydrogen-bond donors (Lipinski definition) is 2. The summed E-state index contributed by atoms with van der Waals surface area (Å²) in [6.07, 6.45) is 0.724. The third-order valence-electron chi connectivity index (χ3n) is 7.08. The first-order valence-corrected chi connectivity index (χ1v) is 12.6. The number of H-pyrrole nitrogens is 1. The molecule has 0 aliphatic carbocycles. The molecule has 3 aromatic carbocycles. The predicted molar refractivity (Wildman–Crippen MR) is 143 cm³/mol. The average Bonchev–Trinajstić information content (AvgIpc) is 3.34. The Morgan fingerprint density at radius 2 is 1.76 bits per heavy atom. The van der Waals surface area contributed by atoms with Crippen molar-refractivity contribution < 1.29 is 14.3 Å². The second-order valence-corrected chi connectivity index (χ2v) is 10.0. The quantitative estimate of drug-likeness (QED) is 0.359.